The van der Waals surface area contributed by atoms with Crippen molar-refractivity contribution in [3.8, 4) is 0 Å². The van der Waals surface area contributed by atoms with Gasteiger partial charge in [0.25, 0.3) is 5.91 Å². The van der Waals surface area contributed by atoms with Gasteiger partial charge in [-0.3, -0.25) is 9.59 Å². The van der Waals surface area contributed by atoms with Crippen LogP contribution >= 0.6 is 11.3 Å². The molecule has 140 valence electrons. The Labute approximate surface area is 161 Å². The minimum Gasteiger partial charge on any atom is -0.465 e. The number of fused-ring (bicyclic) bond motifs is 1. The van der Waals surface area contributed by atoms with Gasteiger partial charge in [-0.1, -0.05) is 41.7 Å². The number of aryl methyl sites for hydroxylation is 2. The lowest BCUT2D eigenvalue weighted by atomic mass is 10.1. The van der Waals surface area contributed by atoms with Crippen molar-refractivity contribution in [1.82, 2.24) is 4.57 Å². The van der Waals surface area contributed by atoms with Crippen LogP contribution < -0.4 is 4.80 Å². The molecule has 0 fully saturated rings. The Balaban J connectivity index is 2.04. The van der Waals surface area contributed by atoms with Gasteiger partial charge in [-0.25, -0.2) is 0 Å². The van der Waals surface area contributed by atoms with Gasteiger partial charge in [0.2, 0.25) is 0 Å². The number of thiazole rings is 1. The number of nitrogens with zero attached hydrogens (tertiary/aromatic N) is 2. The molecule has 0 unspecified atom stereocenters. The van der Waals surface area contributed by atoms with Crippen LogP contribution in [0.5, 0.6) is 0 Å². The maximum Gasteiger partial charge on any atom is 0.326 e. The zero-order valence-corrected chi connectivity index (χ0v) is 16.5. The third kappa shape index (κ3) is 4.52. The highest BCUT2D eigenvalue weighted by Crippen LogP contribution is 2.22. The van der Waals surface area contributed by atoms with E-state index in [9.17, 15) is 9.59 Å². The number of hydrogen-bond acceptors (Lipinski definition) is 4. The molecule has 5 nitrogen and oxygen atoms in total. The van der Waals surface area contributed by atoms with E-state index >= 15 is 0 Å². The Bertz CT molecular complexity index is 1050. The second kappa shape index (κ2) is 8.31. The van der Waals surface area contributed by atoms with Crippen molar-refractivity contribution in [2.75, 3.05) is 6.61 Å². The summed E-state index contributed by atoms with van der Waals surface area (Å²) in [6.07, 6.45) is 0.229. The molecule has 1 aromatic heterocycles. The number of hydrogen-bond donors (Lipinski definition) is 0. The first kappa shape index (κ1) is 19.0. The lowest BCUT2D eigenvalue weighted by Gasteiger charge is -2.06. The van der Waals surface area contributed by atoms with Gasteiger partial charge in [0, 0.05) is 0 Å². The number of carbonyl (C=O) groups is 2. The van der Waals surface area contributed by atoms with Crippen LogP contribution in [0.2, 0.25) is 0 Å². The number of benzene rings is 2. The lowest BCUT2D eigenvalue weighted by Crippen LogP contribution is -2.23. The van der Waals surface area contributed by atoms with E-state index in [4.69, 9.17) is 4.74 Å². The van der Waals surface area contributed by atoms with Gasteiger partial charge in [0.05, 0.1) is 23.2 Å². The second-order valence-electron chi connectivity index (χ2n) is 6.35. The van der Waals surface area contributed by atoms with E-state index in [0.717, 1.165) is 26.9 Å². The number of aromatic nitrogens is 1. The smallest absolute Gasteiger partial charge is 0.326 e. The van der Waals surface area contributed by atoms with Crippen LogP contribution in [0, 0.1) is 13.8 Å². The van der Waals surface area contributed by atoms with Gasteiger partial charge < -0.3 is 9.30 Å². The third-order valence-electron chi connectivity index (χ3n) is 4.31. The second-order valence-corrected chi connectivity index (χ2v) is 7.36. The van der Waals surface area contributed by atoms with Crippen molar-refractivity contribution < 1.29 is 14.3 Å². The molecule has 0 aliphatic heterocycles. The van der Waals surface area contributed by atoms with Crippen LogP contribution in [0.4, 0.5) is 0 Å². The van der Waals surface area contributed by atoms with E-state index in [1.807, 2.05) is 50.2 Å². The van der Waals surface area contributed by atoms with Gasteiger partial charge >= 0.3 is 5.97 Å². The highest BCUT2D eigenvalue weighted by molar-refractivity contribution is 7.16. The Kier molecular flexibility index (Phi) is 5.86. The molecule has 3 rings (SSSR count). The quantitative estimate of drug-likeness (QED) is 0.634. The van der Waals surface area contributed by atoms with E-state index in [1.165, 1.54) is 11.3 Å². The fourth-order valence-corrected chi connectivity index (χ4v) is 3.94. The van der Waals surface area contributed by atoms with Crippen LogP contribution in [-0.4, -0.2) is 23.1 Å². The van der Waals surface area contributed by atoms with Crippen LogP contribution in [0.3, 0.4) is 0 Å². The molecule has 0 radical (unpaired) electrons. The average molecular weight is 382 g/mol. The molecule has 0 N–H and O–H groups in total. The van der Waals surface area contributed by atoms with Gasteiger partial charge in [0.1, 0.15) is 6.54 Å². The predicted octanol–water partition coefficient (Wildman–Crippen LogP) is 3.55. The molecule has 0 aliphatic carbocycles. The van der Waals surface area contributed by atoms with Crippen molar-refractivity contribution in [1.29, 1.82) is 0 Å². The largest absolute Gasteiger partial charge is 0.465 e. The van der Waals surface area contributed by atoms with Crippen molar-refractivity contribution >= 4 is 33.4 Å². The average Bonchev–Trinajstić information content (AvgIpc) is 2.93. The molecule has 27 heavy (non-hydrogen) atoms. The molecule has 0 bridgehead atoms. The molecule has 1 amide bonds. The highest BCUT2D eigenvalue weighted by Gasteiger charge is 2.13. The number of carbonyl (C=O) groups excluding carboxylic acids is 2. The number of rotatable bonds is 5. The first-order chi connectivity index (χ1) is 13.0. The Morgan fingerprint density at radius 2 is 1.81 bits per heavy atom. The fourth-order valence-electron chi connectivity index (χ4n) is 2.81. The Morgan fingerprint density at radius 1 is 1.11 bits per heavy atom. The zero-order chi connectivity index (χ0) is 19.4. The maximum absolute atomic E-state index is 12.5. The van der Waals surface area contributed by atoms with E-state index in [-0.39, 0.29) is 24.8 Å². The molecule has 2 aromatic carbocycles. The molecule has 0 saturated carbocycles. The standard InChI is InChI=1S/C21H22N2O3S/c1-4-26-20(25)13-23-17-10-14(2)15(3)11-18(17)27-21(23)22-19(24)12-16-8-6-5-7-9-16/h5-11H,4,12-13H2,1-3H3. The van der Waals surface area contributed by atoms with Crippen LogP contribution in [0.15, 0.2) is 47.5 Å². The summed E-state index contributed by atoms with van der Waals surface area (Å²) in [5, 5.41) is 0. The SMILES string of the molecule is CCOC(=O)Cn1c(=NC(=O)Cc2ccccc2)sc2cc(C)c(C)cc21. The fraction of sp³-hybridized carbons (Fsp3) is 0.286. The molecule has 0 aliphatic rings. The summed E-state index contributed by atoms with van der Waals surface area (Å²) in [5.41, 5.74) is 4.09. The molecule has 0 atom stereocenters. The van der Waals surface area contributed by atoms with Crippen molar-refractivity contribution in [2.24, 2.45) is 4.99 Å². The molecular formula is C21H22N2O3S. The number of esters is 1. The number of amides is 1. The van der Waals surface area contributed by atoms with Crippen LogP contribution in [-0.2, 0) is 27.3 Å². The lowest BCUT2D eigenvalue weighted by molar-refractivity contribution is -0.143. The van der Waals surface area contributed by atoms with E-state index in [0.29, 0.717) is 11.4 Å². The van der Waals surface area contributed by atoms with Gasteiger partial charge in [-0.2, -0.15) is 4.99 Å². The van der Waals surface area contributed by atoms with Gasteiger partial charge in [-0.05, 0) is 49.6 Å². The highest BCUT2D eigenvalue weighted by atomic mass is 32.1. The van der Waals surface area contributed by atoms with Crippen LogP contribution in [0.25, 0.3) is 10.2 Å². The molecule has 0 spiro atoms. The summed E-state index contributed by atoms with van der Waals surface area (Å²) in [6.45, 7) is 6.20. The topological polar surface area (TPSA) is 60.7 Å². The molecule has 6 heteroatoms. The van der Waals surface area contributed by atoms with Crippen molar-refractivity contribution in [2.45, 2.75) is 33.7 Å². The maximum atomic E-state index is 12.5. The summed E-state index contributed by atoms with van der Waals surface area (Å²) < 4.78 is 7.86. The van der Waals surface area contributed by atoms with Crippen molar-refractivity contribution in [3.05, 3.63) is 64.0 Å². The molecule has 0 saturated heterocycles. The molecule has 3 aromatic rings. The summed E-state index contributed by atoms with van der Waals surface area (Å²) in [6, 6.07) is 13.6. The zero-order valence-electron chi connectivity index (χ0n) is 15.7. The molecule has 1 heterocycles. The predicted molar refractivity (Wildman–Crippen MR) is 107 cm³/mol. The Hall–Kier alpha value is -2.73. The Morgan fingerprint density at radius 3 is 2.52 bits per heavy atom. The van der Waals surface area contributed by atoms with Gasteiger partial charge in [-0.15, -0.1) is 0 Å². The monoisotopic (exact) mass is 382 g/mol. The summed E-state index contributed by atoms with van der Waals surface area (Å²) in [5.74, 6) is -0.578. The van der Waals surface area contributed by atoms with E-state index in [1.54, 1.807) is 11.5 Å². The third-order valence-corrected chi connectivity index (χ3v) is 5.35. The summed E-state index contributed by atoms with van der Waals surface area (Å²) in [7, 11) is 0. The normalized spacial score (nSPS) is 11.7. The minimum atomic E-state index is -0.340. The molecular weight excluding hydrogens is 360 g/mol. The van der Waals surface area contributed by atoms with Crippen LogP contribution in [0.1, 0.15) is 23.6 Å². The first-order valence-electron chi connectivity index (χ1n) is 8.85. The van der Waals surface area contributed by atoms with Gasteiger partial charge in [0.15, 0.2) is 4.80 Å². The summed E-state index contributed by atoms with van der Waals surface area (Å²) >= 11 is 1.41. The first-order valence-corrected chi connectivity index (χ1v) is 9.67. The van der Waals surface area contributed by atoms with E-state index < -0.39 is 0 Å². The van der Waals surface area contributed by atoms with Crippen molar-refractivity contribution in [3.63, 3.8) is 0 Å². The van der Waals surface area contributed by atoms with E-state index in [2.05, 4.69) is 11.1 Å². The minimum absolute atomic E-state index is 0.0355. The summed E-state index contributed by atoms with van der Waals surface area (Å²) in [4.78, 5) is 29.4. The number of ether oxygens (including phenoxy) is 1.